The summed E-state index contributed by atoms with van der Waals surface area (Å²) in [5.74, 6) is -0.536. The van der Waals surface area contributed by atoms with Crippen LogP contribution in [0.3, 0.4) is 0 Å². The zero-order valence-corrected chi connectivity index (χ0v) is 17.4. The molecule has 2 aromatic carbocycles. The molecule has 0 radical (unpaired) electrons. The second kappa shape index (κ2) is 9.93. The van der Waals surface area contributed by atoms with E-state index in [1.807, 2.05) is 6.07 Å². The van der Waals surface area contributed by atoms with Crippen LogP contribution < -0.4 is 14.8 Å². The van der Waals surface area contributed by atoms with Crippen molar-refractivity contribution < 1.29 is 19.1 Å². The highest BCUT2D eigenvalue weighted by Gasteiger charge is 2.15. The maximum atomic E-state index is 12.4. The van der Waals surface area contributed by atoms with Crippen LogP contribution in [0, 0.1) is 11.3 Å². The Labute approximate surface area is 175 Å². The Morgan fingerprint density at radius 2 is 2.07 bits per heavy atom. The van der Waals surface area contributed by atoms with Crippen molar-refractivity contribution in [3.05, 3.63) is 57.0 Å². The molecule has 6 nitrogen and oxygen atoms in total. The van der Waals surface area contributed by atoms with Gasteiger partial charge in [-0.25, -0.2) is 0 Å². The number of anilines is 1. The second-order valence-electron chi connectivity index (χ2n) is 5.49. The van der Waals surface area contributed by atoms with Crippen molar-refractivity contribution >= 4 is 51.2 Å². The molecule has 2 rings (SSSR count). The first kappa shape index (κ1) is 21.5. The summed E-state index contributed by atoms with van der Waals surface area (Å²) in [6, 6.07) is 11.7. The summed E-state index contributed by atoms with van der Waals surface area (Å²) >= 11 is 9.22. The van der Waals surface area contributed by atoms with Crippen molar-refractivity contribution in [2.75, 3.05) is 11.9 Å². The van der Waals surface area contributed by atoms with Gasteiger partial charge in [-0.15, -0.1) is 0 Å². The third kappa shape index (κ3) is 5.84. The van der Waals surface area contributed by atoms with Gasteiger partial charge in [-0.3, -0.25) is 9.59 Å². The molecule has 0 heterocycles. The smallest absolute Gasteiger partial charge is 0.308 e. The summed E-state index contributed by atoms with van der Waals surface area (Å²) in [5.41, 5.74) is 0.874. The highest BCUT2D eigenvalue weighted by atomic mass is 79.9. The van der Waals surface area contributed by atoms with Crippen molar-refractivity contribution in [1.82, 2.24) is 0 Å². The average molecular weight is 464 g/mol. The second-order valence-corrected chi connectivity index (χ2v) is 6.78. The van der Waals surface area contributed by atoms with E-state index in [-0.39, 0.29) is 11.3 Å². The Kier molecular flexibility index (Phi) is 7.61. The van der Waals surface area contributed by atoms with Gasteiger partial charge in [0.2, 0.25) is 0 Å². The number of hydrogen-bond acceptors (Lipinski definition) is 5. The van der Waals surface area contributed by atoms with Gasteiger partial charge in [0.15, 0.2) is 11.5 Å². The largest absolute Gasteiger partial charge is 0.490 e. The number of nitriles is 1. The van der Waals surface area contributed by atoms with Crippen LogP contribution in [0.1, 0.15) is 19.4 Å². The van der Waals surface area contributed by atoms with Gasteiger partial charge in [0.1, 0.15) is 11.6 Å². The zero-order chi connectivity index (χ0) is 20.7. The van der Waals surface area contributed by atoms with Gasteiger partial charge in [-0.05, 0) is 64.8 Å². The molecule has 0 saturated heterocycles. The van der Waals surface area contributed by atoms with E-state index >= 15 is 0 Å². The number of ether oxygens (including phenoxy) is 2. The minimum atomic E-state index is -0.581. The molecule has 0 fully saturated rings. The van der Waals surface area contributed by atoms with Crippen LogP contribution in [0.2, 0.25) is 5.02 Å². The first-order valence-corrected chi connectivity index (χ1v) is 9.34. The molecule has 8 heteroatoms. The molecule has 0 aliphatic heterocycles. The molecule has 0 saturated carbocycles. The summed E-state index contributed by atoms with van der Waals surface area (Å²) in [4.78, 5) is 23.7. The lowest BCUT2D eigenvalue weighted by Crippen LogP contribution is -2.13. The molecule has 144 valence electrons. The van der Waals surface area contributed by atoms with Gasteiger partial charge in [-0.2, -0.15) is 5.26 Å². The lowest BCUT2D eigenvalue weighted by atomic mass is 10.1. The minimum absolute atomic E-state index is 0.116. The molecule has 0 aromatic heterocycles. The fourth-order valence-electron chi connectivity index (χ4n) is 2.26. The van der Waals surface area contributed by atoms with E-state index in [2.05, 4.69) is 21.2 Å². The Hall–Kier alpha value is -2.82. The maximum absolute atomic E-state index is 12.4. The normalized spacial score (nSPS) is 10.8. The number of rotatable bonds is 6. The van der Waals surface area contributed by atoms with E-state index in [1.165, 1.54) is 13.0 Å². The minimum Gasteiger partial charge on any atom is -0.490 e. The highest BCUT2D eigenvalue weighted by molar-refractivity contribution is 9.10. The standard InChI is InChI=1S/C20H16BrClN2O4/c1-3-27-18-9-13(8-17(21)19(18)28-12(2)25)7-14(11-23)20(26)24-16-6-4-5-15(22)10-16/h4-10H,3H2,1-2H3,(H,24,26)/b14-7+. The molecule has 0 aliphatic carbocycles. The van der Waals surface area contributed by atoms with Gasteiger partial charge in [-0.1, -0.05) is 17.7 Å². The molecule has 0 bridgehead atoms. The average Bonchev–Trinajstić information content (AvgIpc) is 2.62. The third-order valence-corrected chi connectivity index (χ3v) is 4.16. The van der Waals surface area contributed by atoms with Gasteiger partial charge in [0.05, 0.1) is 11.1 Å². The molecule has 0 aliphatic rings. The quantitative estimate of drug-likeness (QED) is 0.283. The lowest BCUT2D eigenvalue weighted by molar-refractivity contribution is -0.132. The molecule has 0 atom stereocenters. The molecule has 28 heavy (non-hydrogen) atoms. The van der Waals surface area contributed by atoms with Crippen LogP contribution in [0.5, 0.6) is 11.5 Å². The number of esters is 1. The number of amides is 1. The summed E-state index contributed by atoms with van der Waals surface area (Å²) in [5, 5.41) is 12.5. The van der Waals surface area contributed by atoms with Crippen molar-refractivity contribution in [1.29, 1.82) is 5.26 Å². The zero-order valence-electron chi connectivity index (χ0n) is 15.1. The van der Waals surface area contributed by atoms with Gasteiger partial charge in [0, 0.05) is 17.6 Å². The predicted octanol–water partition coefficient (Wildman–Crippen LogP) is 4.97. The summed E-state index contributed by atoms with van der Waals surface area (Å²) in [6.45, 7) is 3.41. The first-order chi connectivity index (χ1) is 13.3. The molecule has 0 spiro atoms. The van der Waals surface area contributed by atoms with E-state index in [0.29, 0.717) is 33.1 Å². The topological polar surface area (TPSA) is 88.4 Å². The van der Waals surface area contributed by atoms with Gasteiger partial charge >= 0.3 is 5.97 Å². The molecule has 0 unspecified atom stereocenters. The number of nitrogens with zero attached hydrogens (tertiary/aromatic N) is 1. The Morgan fingerprint density at radius 3 is 2.68 bits per heavy atom. The lowest BCUT2D eigenvalue weighted by Gasteiger charge is -2.12. The number of carbonyl (C=O) groups is 2. The van der Waals surface area contributed by atoms with E-state index in [1.54, 1.807) is 43.3 Å². The summed E-state index contributed by atoms with van der Waals surface area (Å²) in [6.07, 6.45) is 1.41. The monoisotopic (exact) mass is 462 g/mol. The van der Waals surface area contributed by atoms with Crippen molar-refractivity contribution in [2.24, 2.45) is 0 Å². The van der Waals surface area contributed by atoms with Gasteiger partial charge in [0.25, 0.3) is 5.91 Å². The number of hydrogen-bond donors (Lipinski definition) is 1. The molecule has 1 amide bonds. The van der Waals surface area contributed by atoms with Crippen LogP contribution in [0.4, 0.5) is 5.69 Å². The fourth-order valence-corrected chi connectivity index (χ4v) is 2.99. The van der Waals surface area contributed by atoms with Crippen LogP contribution in [-0.4, -0.2) is 18.5 Å². The van der Waals surface area contributed by atoms with E-state index in [0.717, 1.165) is 0 Å². The first-order valence-electron chi connectivity index (χ1n) is 8.17. The van der Waals surface area contributed by atoms with Crippen LogP contribution >= 0.6 is 27.5 Å². The number of carbonyl (C=O) groups excluding carboxylic acids is 2. The third-order valence-electron chi connectivity index (χ3n) is 3.34. The van der Waals surface area contributed by atoms with Gasteiger partial charge < -0.3 is 14.8 Å². The highest BCUT2D eigenvalue weighted by Crippen LogP contribution is 2.37. The van der Waals surface area contributed by atoms with Crippen LogP contribution in [0.25, 0.3) is 6.08 Å². The molecule has 1 N–H and O–H groups in total. The molecular formula is C20H16BrClN2O4. The van der Waals surface area contributed by atoms with Crippen molar-refractivity contribution in [2.45, 2.75) is 13.8 Å². The number of nitrogens with one attached hydrogen (secondary N) is 1. The molecule has 2 aromatic rings. The van der Waals surface area contributed by atoms with E-state index in [9.17, 15) is 14.9 Å². The SMILES string of the molecule is CCOc1cc(/C=C(\C#N)C(=O)Nc2cccc(Cl)c2)cc(Br)c1OC(C)=O. The maximum Gasteiger partial charge on any atom is 0.308 e. The summed E-state index contributed by atoms with van der Waals surface area (Å²) < 4.78 is 11.1. The molecular weight excluding hydrogens is 448 g/mol. The Bertz CT molecular complexity index is 983. The van der Waals surface area contributed by atoms with Crippen molar-refractivity contribution in [3.8, 4) is 17.6 Å². The number of halogens is 2. The van der Waals surface area contributed by atoms with E-state index < -0.39 is 11.9 Å². The number of benzene rings is 2. The van der Waals surface area contributed by atoms with Crippen LogP contribution in [0.15, 0.2) is 46.4 Å². The van der Waals surface area contributed by atoms with Crippen molar-refractivity contribution in [3.63, 3.8) is 0 Å². The van der Waals surface area contributed by atoms with Crippen LogP contribution in [-0.2, 0) is 9.59 Å². The van der Waals surface area contributed by atoms with E-state index in [4.69, 9.17) is 21.1 Å². The predicted molar refractivity (Wildman–Crippen MR) is 110 cm³/mol. The Balaban J connectivity index is 2.36. The summed E-state index contributed by atoms with van der Waals surface area (Å²) in [7, 11) is 0. The fraction of sp³-hybridized carbons (Fsp3) is 0.150. The Morgan fingerprint density at radius 1 is 1.32 bits per heavy atom.